The van der Waals surface area contributed by atoms with E-state index in [2.05, 4.69) is 16.2 Å². The lowest BCUT2D eigenvalue weighted by Crippen LogP contribution is -2.50. The number of nitrogens with one attached hydrogen (secondary N) is 3. The molecule has 0 radical (unpaired) electrons. The molecule has 0 spiro atoms. The van der Waals surface area contributed by atoms with Crippen molar-refractivity contribution in [3.63, 3.8) is 0 Å². The topological polar surface area (TPSA) is 79.5 Å². The summed E-state index contributed by atoms with van der Waals surface area (Å²) in [6.07, 6.45) is 11.3. The van der Waals surface area contributed by atoms with Crippen molar-refractivity contribution in [2.45, 2.75) is 64.2 Å². The Kier molecular flexibility index (Phi) is 5.25. The molecule has 1 amide bonds. The number of aryl methyl sites for hydroxylation is 1. The molecule has 8 heteroatoms. The van der Waals surface area contributed by atoms with Crippen LogP contribution in [-0.2, 0) is 22.4 Å². The molecule has 3 N–H and O–H groups in total. The van der Waals surface area contributed by atoms with Gasteiger partial charge < -0.3 is 10.1 Å². The number of rotatable bonds is 4. The van der Waals surface area contributed by atoms with Crippen molar-refractivity contribution in [3.8, 4) is 0 Å². The molecule has 0 atom stereocenters. The molecule has 30 heavy (non-hydrogen) atoms. The van der Waals surface area contributed by atoms with E-state index in [9.17, 15) is 9.59 Å². The number of ether oxygens (including phenoxy) is 1. The molecule has 1 heterocycles. The van der Waals surface area contributed by atoms with E-state index in [0.29, 0.717) is 22.1 Å². The van der Waals surface area contributed by atoms with Gasteiger partial charge in [-0.1, -0.05) is 0 Å². The maximum absolute atomic E-state index is 12.7. The highest BCUT2D eigenvalue weighted by Crippen LogP contribution is 2.61. The number of thiocarbonyl (C=S) groups is 1. The smallest absolute Gasteiger partial charge is 0.341 e. The second-order valence-corrected chi connectivity index (χ2v) is 11.3. The second-order valence-electron chi connectivity index (χ2n) is 9.77. The maximum Gasteiger partial charge on any atom is 0.341 e. The number of carbonyl (C=O) groups is 2. The molecule has 0 aliphatic heterocycles. The zero-order valence-electron chi connectivity index (χ0n) is 17.3. The van der Waals surface area contributed by atoms with E-state index in [-0.39, 0.29) is 17.3 Å². The lowest BCUT2D eigenvalue weighted by molar-refractivity contribution is -0.129. The zero-order chi connectivity index (χ0) is 20.9. The quantitative estimate of drug-likeness (QED) is 0.369. The van der Waals surface area contributed by atoms with Gasteiger partial charge in [0.25, 0.3) is 0 Å². The lowest BCUT2D eigenvalue weighted by Gasteiger charge is -2.56. The van der Waals surface area contributed by atoms with E-state index >= 15 is 0 Å². The van der Waals surface area contributed by atoms with Gasteiger partial charge in [0.15, 0.2) is 5.11 Å². The molecular formula is C22H29N3O3S2. The molecule has 4 bridgehead atoms. The average molecular weight is 448 g/mol. The third kappa shape index (κ3) is 3.73. The Morgan fingerprint density at radius 2 is 1.77 bits per heavy atom. The van der Waals surface area contributed by atoms with Gasteiger partial charge in [-0.15, -0.1) is 11.3 Å². The Hall–Kier alpha value is -1.67. The van der Waals surface area contributed by atoms with Crippen LogP contribution < -0.4 is 16.2 Å². The van der Waals surface area contributed by atoms with Crippen molar-refractivity contribution in [1.82, 2.24) is 10.9 Å². The van der Waals surface area contributed by atoms with Crippen LogP contribution >= 0.6 is 23.6 Å². The van der Waals surface area contributed by atoms with E-state index in [0.717, 1.165) is 42.6 Å². The number of amides is 1. The largest absolute Gasteiger partial charge is 0.465 e. The number of methoxy groups -OCH3 is 1. The van der Waals surface area contributed by atoms with Gasteiger partial charge in [-0.3, -0.25) is 15.6 Å². The first kappa shape index (κ1) is 20.2. The third-order valence-electron chi connectivity index (χ3n) is 7.55. The van der Waals surface area contributed by atoms with Gasteiger partial charge in [-0.05, 0) is 98.7 Å². The van der Waals surface area contributed by atoms with Gasteiger partial charge in [0, 0.05) is 11.3 Å². The van der Waals surface area contributed by atoms with Crippen LogP contribution in [0.5, 0.6) is 0 Å². The molecule has 4 fully saturated rings. The number of hydrazine groups is 1. The second kappa shape index (κ2) is 7.79. The van der Waals surface area contributed by atoms with Crippen LogP contribution in [0.1, 0.15) is 72.2 Å². The number of hydrogen-bond donors (Lipinski definition) is 3. The van der Waals surface area contributed by atoms with E-state index in [4.69, 9.17) is 17.0 Å². The molecule has 1 aromatic heterocycles. The summed E-state index contributed by atoms with van der Waals surface area (Å²) in [6.45, 7) is 0. The van der Waals surface area contributed by atoms with Crippen molar-refractivity contribution in [2.24, 2.45) is 23.2 Å². The summed E-state index contributed by atoms with van der Waals surface area (Å²) in [4.78, 5) is 26.2. The van der Waals surface area contributed by atoms with Gasteiger partial charge in [-0.2, -0.15) is 0 Å². The third-order valence-corrected chi connectivity index (χ3v) is 8.97. The summed E-state index contributed by atoms with van der Waals surface area (Å²) in [5, 5.41) is 4.08. The van der Waals surface area contributed by atoms with Gasteiger partial charge in [0.05, 0.1) is 12.7 Å². The molecule has 0 unspecified atom stereocenters. The first-order valence-corrected chi connectivity index (χ1v) is 12.3. The Balaban J connectivity index is 1.17. The predicted molar refractivity (Wildman–Crippen MR) is 120 cm³/mol. The van der Waals surface area contributed by atoms with E-state index < -0.39 is 0 Å². The van der Waals surface area contributed by atoms with E-state index in [1.807, 2.05) is 0 Å². The fourth-order valence-electron chi connectivity index (χ4n) is 6.96. The Morgan fingerprint density at radius 3 is 2.40 bits per heavy atom. The van der Waals surface area contributed by atoms with Gasteiger partial charge in [0.1, 0.15) is 5.00 Å². The summed E-state index contributed by atoms with van der Waals surface area (Å²) >= 11 is 6.92. The molecular weight excluding hydrogens is 418 g/mol. The van der Waals surface area contributed by atoms with Crippen molar-refractivity contribution in [1.29, 1.82) is 0 Å². The first-order valence-electron chi connectivity index (χ1n) is 11.0. The molecule has 1 aromatic rings. The van der Waals surface area contributed by atoms with Crippen LogP contribution in [-0.4, -0.2) is 24.1 Å². The normalized spacial score (nSPS) is 30.6. The van der Waals surface area contributed by atoms with Crippen molar-refractivity contribution >= 4 is 45.5 Å². The molecule has 5 aliphatic carbocycles. The van der Waals surface area contributed by atoms with Gasteiger partial charge in [0.2, 0.25) is 5.91 Å². The molecule has 6 nitrogen and oxygen atoms in total. The molecule has 0 aromatic carbocycles. The minimum absolute atomic E-state index is 0.00275. The maximum atomic E-state index is 12.7. The number of hydrogen-bond acceptors (Lipinski definition) is 5. The number of anilines is 1. The van der Waals surface area contributed by atoms with Gasteiger partial charge >= 0.3 is 5.97 Å². The monoisotopic (exact) mass is 447 g/mol. The zero-order valence-corrected chi connectivity index (χ0v) is 19.0. The number of thiophene rings is 1. The van der Waals surface area contributed by atoms with E-state index in [1.165, 1.54) is 50.5 Å². The standard InChI is InChI=1S/C22H29N3O3S2/c1-28-20(27)18-15-3-2-4-16(15)30-19(18)23-21(29)25-24-17(26)11-22-8-12-5-13(9-22)7-14(6-12)10-22/h12-14H,2-11H2,1H3,(H,24,26)(H2,23,25,29). The van der Waals surface area contributed by atoms with Crippen LogP contribution in [0.2, 0.25) is 0 Å². The van der Waals surface area contributed by atoms with Crippen LogP contribution in [0.25, 0.3) is 0 Å². The molecule has 4 saturated carbocycles. The molecule has 0 saturated heterocycles. The van der Waals surface area contributed by atoms with Gasteiger partial charge in [-0.25, -0.2) is 4.79 Å². The lowest BCUT2D eigenvalue weighted by atomic mass is 9.49. The highest BCUT2D eigenvalue weighted by atomic mass is 32.1. The molecule has 5 aliphatic rings. The Morgan fingerprint density at radius 1 is 1.10 bits per heavy atom. The highest BCUT2D eigenvalue weighted by molar-refractivity contribution is 7.80. The van der Waals surface area contributed by atoms with Crippen LogP contribution in [0.4, 0.5) is 5.00 Å². The van der Waals surface area contributed by atoms with Crippen LogP contribution in [0.15, 0.2) is 0 Å². The number of esters is 1. The minimum atomic E-state index is -0.342. The summed E-state index contributed by atoms with van der Waals surface area (Å²) in [6, 6.07) is 0. The Labute approximate surface area is 186 Å². The van der Waals surface area contributed by atoms with Crippen LogP contribution in [0.3, 0.4) is 0 Å². The average Bonchev–Trinajstić information content (AvgIpc) is 3.25. The minimum Gasteiger partial charge on any atom is -0.465 e. The summed E-state index contributed by atoms with van der Waals surface area (Å²) in [5.41, 5.74) is 7.47. The Bertz CT molecular complexity index is 859. The summed E-state index contributed by atoms with van der Waals surface area (Å²) in [5.74, 6) is 2.15. The first-order chi connectivity index (χ1) is 14.4. The molecule has 6 rings (SSSR count). The predicted octanol–water partition coefficient (Wildman–Crippen LogP) is 3.95. The fraction of sp³-hybridized carbons (Fsp3) is 0.682. The van der Waals surface area contributed by atoms with Crippen molar-refractivity contribution < 1.29 is 14.3 Å². The molecule has 162 valence electrons. The van der Waals surface area contributed by atoms with Crippen LogP contribution in [0, 0.1) is 23.2 Å². The van der Waals surface area contributed by atoms with Crippen molar-refractivity contribution in [3.05, 3.63) is 16.0 Å². The SMILES string of the molecule is COC(=O)c1c(NC(=S)NNC(=O)CC23CC4CC(CC(C4)C2)C3)sc2c1CCC2. The highest BCUT2D eigenvalue weighted by Gasteiger charge is 2.51. The number of fused-ring (bicyclic) bond motifs is 1. The fourth-order valence-corrected chi connectivity index (χ4v) is 8.46. The number of carbonyl (C=O) groups excluding carboxylic acids is 2. The van der Waals surface area contributed by atoms with E-state index in [1.54, 1.807) is 11.3 Å². The summed E-state index contributed by atoms with van der Waals surface area (Å²) < 4.78 is 4.97. The summed E-state index contributed by atoms with van der Waals surface area (Å²) in [7, 11) is 1.40. The van der Waals surface area contributed by atoms with Crippen molar-refractivity contribution in [2.75, 3.05) is 12.4 Å².